The van der Waals surface area contributed by atoms with Gasteiger partial charge in [-0.15, -0.1) is 0 Å². The lowest BCUT2D eigenvalue weighted by molar-refractivity contribution is -0.137. The monoisotopic (exact) mass is 259 g/mol. The Labute approximate surface area is 103 Å². The fourth-order valence-electron chi connectivity index (χ4n) is 1.58. The first kappa shape index (κ1) is 14.4. The summed E-state index contributed by atoms with van der Waals surface area (Å²) in [6, 6.07) is 5.95. The molecule has 0 spiro atoms. The molecule has 3 N–H and O–H groups in total. The number of para-hydroxylation sites is 1. The van der Waals surface area contributed by atoms with Gasteiger partial charge in [0.05, 0.1) is 0 Å². The van der Waals surface area contributed by atoms with Crippen molar-refractivity contribution in [2.45, 2.75) is 31.9 Å². The molecule has 4 nitrogen and oxygen atoms in total. The fourth-order valence-corrected chi connectivity index (χ4v) is 1.58. The number of aliphatic carboxylic acids is 1. The second-order valence-electron chi connectivity index (χ2n) is 3.88. The van der Waals surface area contributed by atoms with Gasteiger partial charge in [0.15, 0.2) is 0 Å². The molecule has 18 heavy (non-hydrogen) atoms. The summed E-state index contributed by atoms with van der Waals surface area (Å²) in [5.41, 5.74) is 6.30. The number of ether oxygens (including phenoxy) is 1. The van der Waals surface area contributed by atoms with Gasteiger partial charge in [0, 0.05) is 12.5 Å². The minimum atomic E-state index is -2.89. The van der Waals surface area contributed by atoms with E-state index in [4.69, 9.17) is 10.8 Å². The number of carbonyl (C=O) groups is 1. The van der Waals surface area contributed by atoms with Gasteiger partial charge in [-0.25, -0.2) is 0 Å². The molecule has 0 bridgehead atoms. The number of carboxylic acids is 1. The molecule has 1 aromatic rings. The molecule has 0 aromatic heterocycles. The van der Waals surface area contributed by atoms with Crippen molar-refractivity contribution in [3.8, 4) is 5.75 Å². The quantitative estimate of drug-likeness (QED) is 0.785. The van der Waals surface area contributed by atoms with Gasteiger partial charge in [-0.3, -0.25) is 4.79 Å². The summed E-state index contributed by atoms with van der Waals surface area (Å²) in [4.78, 5) is 10.4. The third-order valence-corrected chi connectivity index (χ3v) is 2.40. The standard InChI is InChI=1S/C12H15F2NO3/c13-12(14)18-10-4-2-1-3-8(10)7-9(15)5-6-11(16)17/h1-4,9,12H,5-7,15H2,(H,16,17). The van der Waals surface area contributed by atoms with Crippen LogP contribution in [0.3, 0.4) is 0 Å². The van der Waals surface area contributed by atoms with E-state index in [9.17, 15) is 13.6 Å². The van der Waals surface area contributed by atoms with Crippen molar-refractivity contribution in [3.63, 3.8) is 0 Å². The maximum atomic E-state index is 12.2. The molecule has 1 atom stereocenters. The number of hydrogen-bond donors (Lipinski definition) is 2. The number of carboxylic acid groups (broad SMARTS) is 1. The summed E-state index contributed by atoms with van der Waals surface area (Å²) < 4.78 is 28.7. The van der Waals surface area contributed by atoms with Crippen LogP contribution in [0.25, 0.3) is 0 Å². The van der Waals surface area contributed by atoms with Gasteiger partial charge in [-0.05, 0) is 24.5 Å². The van der Waals surface area contributed by atoms with Crippen LogP contribution in [0.15, 0.2) is 24.3 Å². The number of nitrogens with two attached hydrogens (primary N) is 1. The Morgan fingerprint density at radius 2 is 2.06 bits per heavy atom. The van der Waals surface area contributed by atoms with Crippen LogP contribution >= 0.6 is 0 Å². The summed E-state index contributed by atoms with van der Waals surface area (Å²) in [5, 5.41) is 8.52. The Bertz CT molecular complexity index is 399. The molecule has 6 heteroatoms. The summed E-state index contributed by atoms with van der Waals surface area (Å²) in [7, 11) is 0. The first-order valence-electron chi connectivity index (χ1n) is 5.49. The van der Waals surface area contributed by atoms with Gasteiger partial charge in [-0.1, -0.05) is 18.2 Å². The number of alkyl halides is 2. The highest BCUT2D eigenvalue weighted by Gasteiger charge is 2.13. The van der Waals surface area contributed by atoms with Gasteiger partial charge < -0.3 is 15.6 Å². The smallest absolute Gasteiger partial charge is 0.387 e. The lowest BCUT2D eigenvalue weighted by atomic mass is 10.0. The summed E-state index contributed by atoms with van der Waals surface area (Å²) in [5.74, 6) is -0.846. The highest BCUT2D eigenvalue weighted by molar-refractivity contribution is 5.66. The number of halogens is 2. The zero-order valence-corrected chi connectivity index (χ0v) is 9.68. The predicted octanol–water partition coefficient (Wildman–Crippen LogP) is 2.02. The Hall–Kier alpha value is -1.69. The highest BCUT2D eigenvalue weighted by atomic mass is 19.3. The molecule has 0 fully saturated rings. The van der Waals surface area contributed by atoms with Gasteiger partial charge >= 0.3 is 12.6 Å². The van der Waals surface area contributed by atoms with E-state index in [0.29, 0.717) is 18.4 Å². The first-order chi connectivity index (χ1) is 8.49. The molecular weight excluding hydrogens is 244 g/mol. The van der Waals surface area contributed by atoms with E-state index in [0.717, 1.165) is 0 Å². The molecule has 1 aromatic carbocycles. The number of benzene rings is 1. The second-order valence-corrected chi connectivity index (χ2v) is 3.88. The first-order valence-corrected chi connectivity index (χ1v) is 5.49. The van der Waals surface area contributed by atoms with E-state index < -0.39 is 18.6 Å². The maximum absolute atomic E-state index is 12.2. The zero-order valence-electron chi connectivity index (χ0n) is 9.68. The molecule has 0 radical (unpaired) electrons. The average molecular weight is 259 g/mol. The zero-order chi connectivity index (χ0) is 13.5. The average Bonchev–Trinajstić information content (AvgIpc) is 2.28. The molecule has 0 saturated carbocycles. The Kier molecular flexibility index (Phi) is 5.51. The molecule has 0 saturated heterocycles. The van der Waals surface area contributed by atoms with Crippen LogP contribution in [0.5, 0.6) is 5.75 Å². The van der Waals surface area contributed by atoms with E-state index in [1.54, 1.807) is 18.2 Å². The molecular formula is C12H15F2NO3. The Morgan fingerprint density at radius 3 is 2.67 bits per heavy atom. The van der Waals surface area contributed by atoms with E-state index in [-0.39, 0.29) is 12.2 Å². The molecule has 0 amide bonds. The summed E-state index contributed by atoms with van der Waals surface area (Å²) in [6.45, 7) is -2.89. The van der Waals surface area contributed by atoms with Crippen molar-refractivity contribution in [3.05, 3.63) is 29.8 Å². The van der Waals surface area contributed by atoms with Crippen molar-refractivity contribution in [2.24, 2.45) is 5.73 Å². The van der Waals surface area contributed by atoms with Crippen LogP contribution in [0.2, 0.25) is 0 Å². The topological polar surface area (TPSA) is 72.6 Å². The van der Waals surface area contributed by atoms with Gasteiger partial charge in [-0.2, -0.15) is 8.78 Å². The number of hydrogen-bond acceptors (Lipinski definition) is 3. The van der Waals surface area contributed by atoms with E-state index in [1.807, 2.05) is 0 Å². The molecule has 100 valence electrons. The normalized spacial score (nSPS) is 12.4. The largest absolute Gasteiger partial charge is 0.481 e. The van der Waals surface area contributed by atoms with Crippen molar-refractivity contribution in [1.82, 2.24) is 0 Å². The van der Waals surface area contributed by atoms with Crippen LogP contribution in [-0.2, 0) is 11.2 Å². The maximum Gasteiger partial charge on any atom is 0.387 e. The third kappa shape index (κ3) is 5.09. The highest BCUT2D eigenvalue weighted by Crippen LogP contribution is 2.22. The lowest BCUT2D eigenvalue weighted by Gasteiger charge is -2.14. The Balaban J connectivity index is 2.62. The van der Waals surface area contributed by atoms with Crippen LogP contribution in [-0.4, -0.2) is 23.7 Å². The van der Waals surface area contributed by atoms with Crippen molar-refractivity contribution < 1.29 is 23.4 Å². The molecule has 0 aliphatic heterocycles. The predicted molar refractivity (Wildman–Crippen MR) is 61.6 cm³/mol. The van der Waals surface area contributed by atoms with Crippen molar-refractivity contribution in [2.75, 3.05) is 0 Å². The van der Waals surface area contributed by atoms with Gasteiger partial charge in [0.2, 0.25) is 0 Å². The molecule has 0 heterocycles. The Morgan fingerprint density at radius 1 is 1.39 bits per heavy atom. The second kappa shape index (κ2) is 6.90. The van der Waals surface area contributed by atoms with Crippen LogP contribution in [0.4, 0.5) is 8.78 Å². The van der Waals surface area contributed by atoms with Gasteiger partial charge in [0.25, 0.3) is 0 Å². The van der Waals surface area contributed by atoms with Crippen molar-refractivity contribution in [1.29, 1.82) is 0 Å². The lowest BCUT2D eigenvalue weighted by Crippen LogP contribution is -2.24. The van der Waals surface area contributed by atoms with Crippen LogP contribution in [0, 0.1) is 0 Å². The molecule has 0 aliphatic rings. The molecule has 1 rings (SSSR count). The van der Waals surface area contributed by atoms with Crippen molar-refractivity contribution >= 4 is 5.97 Å². The summed E-state index contributed by atoms with van der Waals surface area (Å²) >= 11 is 0. The van der Waals surface area contributed by atoms with E-state index in [2.05, 4.69) is 4.74 Å². The summed E-state index contributed by atoms with van der Waals surface area (Å²) in [6.07, 6.45) is 0.549. The minimum Gasteiger partial charge on any atom is -0.481 e. The van der Waals surface area contributed by atoms with E-state index in [1.165, 1.54) is 6.07 Å². The SMILES string of the molecule is NC(CCC(=O)O)Cc1ccccc1OC(F)F. The number of rotatable bonds is 7. The third-order valence-electron chi connectivity index (χ3n) is 2.40. The fraction of sp³-hybridized carbons (Fsp3) is 0.417. The minimum absolute atomic E-state index is 0.0426. The van der Waals surface area contributed by atoms with Crippen LogP contribution in [0.1, 0.15) is 18.4 Å². The van der Waals surface area contributed by atoms with Crippen LogP contribution < -0.4 is 10.5 Å². The van der Waals surface area contributed by atoms with E-state index >= 15 is 0 Å². The van der Waals surface area contributed by atoms with Gasteiger partial charge in [0.1, 0.15) is 5.75 Å². The molecule has 1 unspecified atom stereocenters. The molecule has 0 aliphatic carbocycles.